The van der Waals surface area contributed by atoms with Gasteiger partial charge in [-0.1, -0.05) is 17.7 Å². The van der Waals surface area contributed by atoms with Crippen LogP contribution < -0.4 is 5.32 Å². The fourth-order valence-electron chi connectivity index (χ4n) is 3.17. The average molecular weight is 468 g/mol. The molecule has 2 aliphatic rings. The van der Waals surface area contributed by atoms with Gasteiger partial charge in [-0.25, -0.2) is 4.39 Å². The van der Waals surface area contributed by atoms with Gasteiger partial charge in [-0.05, 0) is 38.3 Å². The average Bonchev–Trinajstić information content (AvgIpc) is 3.26. The number of guanidine groups is 1. The Balaban J connectivity index is 0.00000208. The second-order valence-corrected chi connectivity index (χ2v) is 6.65. The van der Waals surface area contributed by atoms with Crippen molar-refractivity contribution in [2.45, 2.75) is 44.2 Å². The third-order valence-electron chi connectivity index (χ3n) is 4.55. The van der Waals surface area contributed by atoms with Crippen LogP contribution in [0.5, 0.6) is 0 Å². The molecule has 24 heavy (non-hydrogen) atoms. The zero-order valence-corrected chi connectivity index (χ0v) is 16.8. The number of hydrogen-bond donors (Lipinski definition) is 2. The molecule has 134 valence electrons. The van der Waals surface area contributed by atoms with Crippen LogP contribution in [0.2, 0.25) is 5.02 Å². The topological polar surface area (TPSA) is 47.9 Å². The molecule has 0 aromatic heterocycles. The minimum Gasteiger partial charge on any atom is -0.393 e. The summed E-state index contributed by atoms with van der Waals surface area (Å²) >= 11 is 6.16. The van der Waals surface area contributed by atoms with Gasteiger partial charge in [0.1, 0.15) is 5.82 Å². The predicted molar refractivity (Wildman–Crippen MR) is 106 cm³/mol. The quantitative estimate of drug-likeness (QED) is 0.407. The van der Waals surface area contributed by atoms with Gasteiger partial charge in [0.15, 0.2) is 5.96 Å². The molecule has 3 rings (SSSR count). The van der Waals surface area contributed by atoms with Crippen LogP contribution in [0.15, 0.2) is 23.2 Å². The summed E-state index contributed by atoms with van der Waals surface area (Å²) in [4.78, 5) is 6.72. The van der Waals surface area contributed by atoms with Gasteiger partial charge in [-0.2, -0.15) is 0 Å². The van der Waals surface area contributed by atoms with E-state index in [4.69, 9.17) is 11.6 Å². The minimum absolute atomic E-state index is 0. The van der Waals surface area contributed by atoms with Crippen molar-refractivity contribution in [2.75, 3.05) is 19.6 Å². The Kier molecular flexibility index (Phi) is 7.12. The van der Waals surface area contributed by atoms with Gasteiger partial charge < -0.3 is 15.3 Å². The molecule has 0 bridgehead atoms. The van der Waals surface area contributed by atoms with Crippen LogP contribution in [-0.2, 0) is 0 Å². The molecule has 2 atom stereocenters. The Bertz CT molecular complexity index is 573. The number of aliphatic imine (C=N–C) groups is 1. The van der Waals surface area contributed by atoms with Crippen LogP contribution in [0.4, 0.5) is 4.39 Å². The van der Waals surface area contributed by atoms with Gasteiger partial charge in [0.25, 0.3) is 0 Å². The SMILES string of the molecule is CCN=C(NC1CC1c1c(F)cccc1Cl)N1CCC(O)CC1.I. The Morgan fingerprint density at radius 1 is 1.42 bits per heavy atom. The van der Waals surface area contributed by atoms with E-state index < -0.39 is 0 Å². The number of aliphatic hydroxyl groups is 1. The van der Waals surface area contributed by atoms with Crippen molar-refractivity contribution in [2.24, 2.45) is 4.99 Å². The van der Waals surface area contributed by atoms with Crippen molar-refractivity contribution in [3.05, 3.63) is 34.6 Å². The van der Waals surface area contributed by atoms with E-state index in [0.29, 0.717) is 17.1 Å². The number of benzene rings is 1. The number of halogens is 3. The molecule has 1 aliphatic carbocycles. The van der Waals surface area contributed by atoms with Crippen molar-refractivity contribution < 1.29 is 9.50 Å². The summed E-state index contributed by atoms with van der Waals surface area (Å²) in [5, 5.41) is 13.6. The predicted octanol–water partition coefficient (Wildman–Crippen LogP) is 3.38. The molecule has 0 radical (unpaired) electrons. The Morgan fingerprint density at radius 3 is 2.75 bits per heavy atom. The maximum Gasteiger partial charge on any atom is 0.194 e. The molecule has 2 fully saturated rings. The monoisotopic (exact) mass is 467 g/mol. The van der Waals surface area contributed by atoms with E-state index in [9.17, 15) is 9.50 Å². The molecule has 7 heteroatoms. The van der Waals surface area contributed by atoms with Crippen LogP contribution >= 0.6 is 35.6 Å². The molecule has 2 unspecified atom stereocenters. The van der Waals surface area contributed by atoms with Gasteiger partial charge in [0, 0.05) is 42.2 Å². The summed E-state index contributed by atoms with van der Waals surface area (Å²) in [6.07, 6.45) is 2.18. The first-order valence-electron chi connectivity index (χ1n) is 8.28. The summed E-state index contributed by atoms with van der Waals surface area (Å²) < 4.78 is 14.0. The molecule has 1 aromatic carbocycles. The van der Waals surface area contributed by atoms with Gasteiger partial charge >= 0.3 is 0 Å². The van der Waals surface area contributed by atoms with Crippen molar-refractivity contribution >= 4 is 41.5 Å². The fraction of sp³-hybridized carbons (Fsp3) is 0.588. The van der Waals surface area contributed by atoms with Crippen molar-refractivity contribution in [3.8, 4) is 0 Å². The Morgan fingerprint density at radius 2 is 2.12 bits per heavy atom. The van der Waals surface area contributed by atoms with Crippen molar-refractivity contribution in [1.29, 1.82) is 0 Å². The van der Waals surface area contributed by atoms with Gasteiger partial charge in [-0.15, -0.1) is 24.0 Å². The van der Waals surface area contributed by atoms with Crippen LogP contribution in [-0.4, -0.2) is 47.7 Å². The molecule has 1 aliphatic heterocycles. The molecule has 1 heterocycles. The third-order valence-corrected chi connectivity index (χ3v) is 4.88. The molecular weight excluding hydrogens is 444 g/mol. The molecular formula is C17H24ClFIN3O. The third kappa shape index (κ3) is 4.52. The summed E-state index contributed by atoms with van der Waals surface area (Å²) in [5.74, 6) is 0.724. The standard InChI is InChI=1S/C17H23ClFN3O.HI/c1-2-20-17(22-8-6-11(23)7-9-22)21-15-10-12(15)16-13(18)4-3-5-14(16)19;/h3-5,11-12,15,23H,2,6-10H2,1H3,(H,20,21);1H. The molecule has 0 amide bonds. The highest BCUT2D eigenvalue weighted by atomic mass is 127. The van der Waals surface area contributed by atoms with E-state index in [1.54, 1.807) is 12.1 Å². The van der Waals surface area contributed by atoms with E-state index in [-0.39, 0.29) is 47.9 Å². The number of piperidine rings is 1. The smallest absolute Gasteiger partial charge is 0.194 e. The van der Waals surface area contributed by atoms with Crippen LogP contribution in [0.1, 0.15) is 37.7 Å². The maximum atomic E-state index is 14.0. The molecule has 0 spiro atoms. The van der Waals surface area contributed by atoms with Crippen LogP contribution in [0, 0.1) is 5.82 Å². The fourth-order valence-corrected chi connectivity index (χ4v) is 3.47. The highest BCUT2D eigenvalue weighted by molar-refractivity contribution is 14.0. The first kappa shape index (κ1) is 19.7. The second-order valence-electron chi connectivity index (χ2n) is 6.24. The van der Waals surface area contributed by atoms with E-state index >= 15 is 0 Å². The molecule has 2 N–H and O–H groups in total. The van der Waals surface area contributed by atoms with Crippen molar-refractivity contribution in [1.82, 2.24) is 10.2 Å². The zero-order valence-electron chi connectivity index (χ0n) is 13.7. The summed E-state index contributed by atoms with van der Waals surface area (Å²) in [5.41, 5.74) is 0.608. The highest BCUT2D eigenvalue weighted by Gasteiger charge is 2.42. The minimum atomic E-state index is -0.234. The van der Waals surface area contributed by atoms with Gasteiger partial charge in [0.2, 0.25) is 0 Å². The molecule has 4 nitrogen and oxygen atoms in total. The highest BCUT2D eigenvalue weighted by Crippen LogP contribution is 2.45. The van der Waals surface area contributed by atoms with E-state index in [1.807, 2.05) is 6.92 Å². The second kappa shape index (κ2) is 8.67. The van der Waals surface area contributed by atoms with E-state index in [0.717, 1.165) is 38.3 Å². The lowest BCUT2D eigenvalue weighted by molar-refractivity contribution is 0.108. The number of nitrogens with zero attached hydrogens (tertiary/aromatic N) is 2. The zero-order chi connectivity index (χ0) is 16.4. The van der Waals surface area contributed by atoms with Crippen LogP contribution in [0.3, 0.4) is 0 Å². The summed E-state index contributed by atoms with van der Waals surface area (Å²) in [6, 6.07) is 5.00. The number of rotatable bonds is 3. The van der Waals surface area contributed by atoms with Gasteiger partial charge in [-0.3, -0.25) is 4.99 Å². The van der Waals surface area contributed by atoms with Gasteiger partial charge in [0.05, 0.1) is 6.10 Å². The first-order valence-corrected chi connectivity index (χ1v) is 8.65. The largest absolute Gasteiger partial charge is 0.393 e. The number of likely N-dealkylation sites (tertiary alicyclic amines) is 1. The number of hydrogen-bond acceptors (Lipinski definition) is 2. The summed E-state index contributed by atoms with van der Waals surface area (Å²) in [6.45, 7) is 4.29. The molecule has 1 aromatic rings. The lowest BCUT2D eigenvalue weighted by atomic mass is 10.1. The Hall–Kier alpha value is -0.600. The van der Waals surface area contributed by atoms with Crippen LogP contribution in [0.25, 0.3) is 0 Å². The maximum absolute atomic E-state index is 14.0. The molecule has 1 saturated carbocycles. The summed E-state index contributed by atoms with van der Waals surface area (Å²) in [7, 11) is 0. The number of nitrogens with one attached hydrogen (secondary N) is 1. The number of aliphatic hydroxyl groups excluding tert-OH is 1. The first-order chi connectivity index (χ1) is 11.1. The molecule has 1 saturated heterocycles. The van der Waals surface area contributed by atoms with E-state index in [1.165, 1.54) is 6.07 Å². The van der Waals surface area contributed by atoms with Crippen molar-refractivity contribution in [3.63, 3.8) is 0 Å². The Labute approximate surface area is 164 Å². The lowest BCUT2D eigenvalue weighted by Gasteiger charge is -2.32. The van der Waals surface area contributed by atoms with E-state index in [2.05, 4.69) is 15.2 Å². The normalized spacial score (nSPS) is 24.5. The lowest BCUT2D eigenvalue weighted by Crippen LogP contribution is -2.47.